The topological polar surface area (TPSA) is 105 Å². The van der Waals surface area contributed by atoms with E-state index in [9.17, 15) is 14.4 Å². The standard InChI is InChI=1S/C17H24N2O6/c1-4-18-15(20)10-19(5-2)17(23)12-7-8-13(25-11-16(21)22)14(9-12)24-6-3/h7-9H,4-6,10-11H2,1-3H3,(H,18,20)(H,21,22). The van der Waals surface area contributed by atoms with Gasteiger partial charge in [0.15, 0.2) is 18.1 Å². The molecular weight excluding hydrogens is 328 g/mol. The van der Waals surface area contributed by atoms with E-state index in [4.69, 9.17) is 14.6 Å². The van der Waals surface area contributed by atoms with E-state index in [0.717, 1.165) is 0 Å². The van der Waals surface area contributed by atoms with Crippen LogP contribution in [-0.4, -0.2) is 60.6 Å². The van der Waals surface area contributed by atoms with Gasteiger partial charge in [0.2, 0.25) is 5.91 Å². The van der Waals surface area contributed by atoms with Crippen LogP contribution in [-0.2, 0) is 9.59 Å². The smallest absolute Gasteiger partial charge is 0.341 e. The highest BCUT2D eigenvalue weighted by Gasteiger charge is 2.19. The first kappa shape index (κ1) is 20.3. The summed E-state index contributed by atoms with van der Waals surface area (Å²) in [4.78, 5) is 36.4. The number of amides is 2. The second kappa shape index (κ2) is 10.2. The lowest BCUT2D eigenvalue weighted by molar-refractivity contribution is -0.139. The van der Waals surface area contributed by atoms with Crippen molar-refractivity contribution in [1.82, 2.24) is 10.2 Å². The molecule has 1 rings (SSSR count). The molecule has 0 aromatic heterocycles. The number of aliphatic carboxylic acids is 1. The summed E-state index contributed by atoms with van der Waals surface area (Å²) in [5.74, 6) is -1.14. The predicted octanol–water partition coefficient (Wildman–Crippen LogP) is 1.15. The number of nitrogens with one attached hydrogen (secondary N) is 1. The number of nitrogens with zero attached hydrogens (tertiary/aromatic N) is 1. The first-order valence-corrected chi connectivity index (χ1v) is 8.10. The molecule has 138 valence electrons. The van der Waals surface area contributed by atoms with Crippen molar-refractivity contribution in [3.05, 3.63) is 23.8 Å². The third-order valence-electron chi connectivity index (χ3n) is 3.22. The van der Waals surface area contributed by atoms with Crippen LogP contribution in [0.2, 0.25) is 0 Å². The number of carboxylic acid groups (broad SMARTS) is 1. The summed E-state index contributed by atoms with van der Waals surface area (Å²) in [6.45, 7) is 6.01. The van der Waals surface area contributed by atoms with Crippen molar-refractivity contribution < 1.29 is 29.0 Å². The first-order valence-electron chi connectivity index (χ1n) is 8.10. The molecule has 0 unspecified atom stereocenters. The number of rotatable bonds is 10. The second-order valence-electron chi connectivity index (χ2n) is 5.05. The zero-order valence-corrected chi connectivity index (χ0v) is 14.7. The Balaban J connectivity index is 2.98. The Hall–Kier alpha value is -2.77. The maximum atomic E-state index is 12.6. The molecule has 2 N–H and O–H groups in total. The predicted molar refractivity (Wildman–Crippen MR) is 91.0 cm³/mol. The summed E-state index contributed by atoms with van der Waals surface area (Å²) < 4.78 is 10.6. The largest absolute Gasteiger partial charge is 0.490 e. The summed E-state index contributed by atoms with van der Waals surface area (Å²) in [6.07, 6.45) is 0. The van der Waals surface area contributed by atoms with Gasteiger partial charge < -0.3 is 24.8 Å². The fourth-order valence-corrected chi connectivity index (χ4v) is 2.10. The van der Waals surface area contributed by atoms with Crippen molar-refractivity contribution in [1.29, 1.82) is 0 Å². The Morgan fingerprint density at radius 1 is 1.12 bits per heavy atom. The molecular formula is C17H24N2O6. The average Bonchev–Trinajstić information content (AvgIpc) is 2.58. The van der Waals surface area contributed by atoms with E-state index >= 15 is 0 Å². The fourth-order valence-electron chi connectivity index (χ4n) is 2.10. The Morgan fingerprint density at radius 2 is 1.84 bits per heavy atom. The lowest BCUT2D eigenvalue weighted by Gasteiger charge is -2.21. The van der Waals surface area contributed by atoms with Gasteiger partial charge in [0.05, 0.1) is 13.2 Å². The van der Waals surface area contributed by atoms with Crippen LogP contribution in [0.4, 0.5) is 0 Å². The van der Waals surface area contributed by atoms with Gasteiger partial charge >= 0.3 is 5.97 Å². The SMILES string of the molecule is CCNC(=O)CN(CC)C(=O)c1ccc(OCC(=O)O)c(OCC)c1. The van der Waals surface area contributed by atoms with E-state index in [-0.39, 0.29) is 29.9 Å². The van der Waals surface area contributed by atoms with Crippen LogP contribution in [0.1, 0.15) is 31.1 Å². The zero-order chi connectivity index (χ0) is 18.8. The second-order valence-corrected chi connectivity index (χ2v) is 5.05. The Bertz CT molecular complexity index is 617. The quantitative estimate of drug-likeness (QED) is 0.654. The number of likely N-dealkylation sites (N-methyl/N-ethyl adjacent to an activating group) is 2. The van der Waals surface area contributed by atoms with Crippen molar-refractivity contribution in [2.45, 2.75) is 20.8 Å². The van der Waals surface area contributed by atoms with Gasteiger partial charge in [-0.25, -0.2) is 4.79 Å². The molecule has 1 aromatic carbocycles. The van der Waals surface area contributed by atoms with Crippen molar-refractivity contribution in [3.63, 3.8) is 0 Å². The number of carbonyl (C=O) groups excluding carboxylic acids is 2. The number of hydrogen-bond acceptors (Lipinski definition) is 5. The highest BCUT2D eigenvalue weighted by molar-refractivity contribution is 5.97. The third-order valence-corrected chi connectivity index (χ3v) is 3.22. The molecule has 0 aliphatic carbocycles. The Labute approximate surface area is 146 Å². The molecule has 0 heterocycles. The van der Waals surface area contributed by atoms with Gasteiger partial charge in [-0.3, -0.25) is 9.59 Å². The number of hydrogen-bond donors (Lipinski definition) is 2. The van der Waals surface area contributed by atoms with Crippen molar-refractivity contribution in [2.24, 2.45) is 0 Å². The van der Waals surface area contributed by atoms with Crippen molar-refractivity contribution in [3.8, 4) is 11.5 Å². The van der Waals surface area contributed by atoms with Crippen LogP contribution in [0.25, 0.3) is 0 Å². The van der Waals surface area contributed by atoms with Gasteiger partial charge in [-0.05, 0) is 39.0 Å². The Kier molecular flexibility index (Phi) is 8.25. The molecule has 1 aromatic rings. The highest BCUT2D eigenvalue weighted by atomic mass is 16.5. The van der Waals surface area contributed by atoms with Gasteiger partial charge in [-0.15, -0.1) is 0 Å². The van der Waals surface area contributed by atoms with E-state index in [1.54, 1.807) is 20.8 Å². The summed E-state index contributed by atoms with van der Waals surface area (Å²) in [5, 5.41) is 11.4. The van der Waals surface area contributed by atoms with Gasteiger partial charge in [0, 0.05) is 18.7 Å². The lowest BCUT2D eigenvalue weighted by atomic mass is 10.1. The first-order chi connectivity index (χ1) is 11.9. The highest BCUT2D eigenvalue weighted by Crippen LogP contribution is 2.29. The lowest BCUT2D eigenvalue weighted by Crippen LogP contribution is -2.40. The molecule has 8 nitrogen and oxygen atoms in total. The average molecular weight is 352 g/mol. The van der Waals surface area contributed by atoms with Crippen molar-refractivity contribution >= 4 is 17.8 Å². The van der Waals surface area contributed by atoms with E-state index in [1.165, 1.54) is 23.1 Å². The summed E-state index contributed by atoms with van der Waals surface area (Å²) >= 11 is 0. The normalized spacial score (nSPS) is 10.0. The van der Waals surface area contributed by atoms with Crippen LogP contribution < -0.4 is 14.8 Å². The maximum absolute atomic E-state index is 12.6. The monoisotopic (exact) mass is 352 g/mol. The summed E-state index contributed by atoms with van der Waals surface area (Å²) in [7, 11) is 0. The van der Waals surface area contributed by atoms with E-state index in [0.29, 0.717) is 25.3 Å². The van der Waals surface area contributed by atoms with Crippen LogP contribution >= 0.6 is 0 Å². The molecule has 0 saturated carbocycles. The molecule has 0 spiro atoms. The van der Waals surface area contributed by atoms with E-state index < -0.39 is 12.6 Å². The summed E-state index contributed by atoms with van der Waals surface area (Å²) in [6, 6.07) is 4.49. The molecule has 0 aliphatic rings. The fraction of sp³-hybridized carbons (Fsp3) is 0.471. The Morgan fingerprint density at radius 3 is 2.40 bits per heavy atom. The molecule has 0 atom stereocenters. The minimum atomic E-state index is -1.11. The molecule has 8 heteroatoms. The van der Waals surface area contributed by atoms with Gasteiger partial charge in [0.1, 0.15) is 0 Å². The number of carboxylic acids is 1. The number of benzene rings is 1. The number of ether oxygens (including phenoxy) is 2. The summed E-state index contributed by atoms with van der Waals surface area (Å²) in [5.41, 5.74) is 0.331. The van der Waals surface area contributed by atoms with Gasteiger partial charge in [-0.1, -0.05) is 0 Å². The minimum absolute atomic E-state index is 0.0373. The molecule has 2 amide bonds. The maximum Gasteiger partial charge on any atom is 0.341 e. The molecule has 25 heavy (non-hydrogen) atoms. The molecule has 0 bridgehead atoms. The van der Waals surface area contributed by atoms with Gasteiger partial charge in [-0.2, -0.15) is 0 Å². The molecule has 0 fully saturated rings. The van der Waals surface area contributed by atoms with Gasteiger partial charge in [0.25, 0.3) is 5.91 Å². The van der Waals surface area contributed by atoms with Crippen LogP contribution in [0, 0.1) is 0 Å². The van der Waals surface area contributed by atoms with Crippen LogP contribution in [0.3, 0.4) is 0 Å². The minimum Gasteiger partial charge on any atom is -0.490 e. The van der Waals surface area contributed by atoms with Crippen LogP contribution in [0.15, 0.2) is 18.2 Å². The molecule has 0 aliphatic heterocycles. The molecule has 0 saturated heterocycles. The third kappa shape index (κ3) is 6.33. The van der Waals surface area contributed by atoms with E-state index in [1.807, 2.05) is 0 Å². The van der Waals surface area contributed by atoms with Crippen LogP contribution in [0.5, 0.6) is 11.5 Å². The molecule has 0 radical (unpaired) electrons. The van der Waals surface area contributed by atoms with Crippen molar-refractivity contribution in [2.75, 3.05) is 32.8 Å². The zero-order valence-electron chi connectivity index (χ0n) is 14.7. The number of carbonyl (C=O) groups is 3. The van der Waals surface area contributed by atoms with E-state index in [2.05, 4.69) is 5.32 Å².